The molecule has 0 aliphatic carbocycles. The second kappa shape index (κ2) is 8.74. The number of hydrogen-bond acceptors (Lipinski definition) is 4. The molecule has 0 saturated carbocycles. The number of piperidine rings is 1. The third kappa shape index (κ3) is 4.03. The van der Waals surface area contributed by atoms with Crippen LogP contribution < -0.4 is 4.80 Å². The second-order valence-corrected chi connectivity index (χ2v) is 10.9. The molecule has 1 saturated heterocycles. The number of amides is 1. The molecule has 1 fully saturated rings. The highest BCUT2D eigenvalue weighted by molar-refractivity contribution is 9.10. The van der Waals surface area contributed by atoms with E-state index >= 15 is 0 Å². The van der Waals surface area contributed by atoms with Crippen molar-refractivity contribution in [3.63, 3.8) is 0 Å². The zero-order valence-corrected chi connectivity index (χ0v) is 19.8. The van der Waals surface area contributed by atoms with Gasteiger partial charge in [0.1, 0.15) is 0 Å². The van der Waals surface area contributed by atoms with Gasteiger partial charge in [0.25, 0.3) is 5.91 Å². The summed E-state index contributed by atoms with van der Waals surface area (Å²) in [6.07, 6.45) is 2.84. The number of hydrogen-bond donors (Lipinski definition) is 0. The lowest BCUT2D eigenvalue weighted by atomic mass is 10.2. The van der Waals surface area contributed by atoms with E-state index in [-0.39, 0.29) is 10.8 Å². The smallest absolute Gasteiger partial charge is 0.279 e. The molecule has 0 radical (unpaired) electrons. The number of para-hydroxylation sites is 1. The molecule has 0 bridgehead atoms. The van der Waals surface area contributed by atoms with E-state index in [4.69, 9.17) is 0 Å². The van der Waals surface area contributed by atoms with E-state index < -0.39 is 10.0 Å². The predicted octanol–water partition coefficient (Wildman–Crippen LogP) is 4.40. The Morgan fingerprint density at radius 2 is 1.80 bits per heavy atom. The van der Waals surface area contributed by atoms with Gasteiger partial charge in [-0.2, -0.15) is 9.30 Å². The molecule has 1 aliphatic rings. The molecule has 2 aromatic carbocycles. The minimum Gasteiger partial charge on any atom is -0.316 e. The summed E-state index contributed by atoms with van der Waals surface area (Å²) in [6.45, 7) is 3.80. The lowest BCUT2D eigenvalue weighted by molar-refractivity contribution is 0.0997. The van der Waals surface area contributed by atoms with Crippen molar-refractivity contribution in [2.45, 2.75) is 37.6 Å². The van der Waals surface area contributed by atoms with E-state index in [1.54, 1.807) is 12.1 Å². The maximum atomic E-state index is 12.8. The molecule has 158 valence electrons. The number of nitrogens with zero attached hydrogens (tertiary/aromatic N) is 3. The zero-order chi connectivity index (χ0) is 21.3. The summed E-state index contributed by atoms with van der Waals surface area (Å²) >= 11 is 5.03. The molecule has 3 aromatic rings. The fourth-order valence-corrected chi connectivity index (χ4v) is 6.99. The van der Waals surface area contributed by atoms with Crippen LogP contribution in [0.5, 0.6) is 0 Å². The van der Waals surface area contributed by atoms with Crippen molar-refractivity contribution < 1.29 is 13.2 Å². The summed E-state index contributed by atoms with van der Waals surface area (Å²) in [7, 11) is -3.51. The van der Waals surface area contributed by atoms with Crippen LogP contribution in [0, 0.1) is 0 Å². The Labute approximate surface area is 188 Å². The van der Waals surface area contributed by atoms with Gasteiger partial charge in [0, 0.05) is 29.7 Å². The molecular weight excluding hydrogens is 486 g/mol. The van der Waals surface area contributed by atoms with Gasteiger partial charge in [-0.15, -0.1) is 0 Å². The third-order valence-corrected chi connectivity index (χ3v) is 8.82. The van der Waals surface area contributed by atoms with Crippen LogP contribution in [0.2, 0.25) is 0 Å². The topological polar surface area (TPSA) is 71.7 Å². The van der Waals surface area contributed by atoms with Crippen LogP contribution in [0.25, 0.3) is 10.2 Å². The lowest BCUT2D eigenvalue weighted by Crippen LogP contribution is -2.35. The first-order chi connectivity index (χ1) is 14.4. The summed E-state index contributed by atoms with van der Waals surface area (Å²) in [5.41, 5.74) is 1.38. The van der Waals surface area contributed by atoms with E-state index in [1.165, 1.54) is 27.8 Å². The van der Waals surface area contributed by atoms with Crippen LogP contribution >= 0.6 is 27.3 Å². The van der Waals surface area contributed by atoms with E-state index in [0.29, 0.717) is 30.0 Å². The summed E-state index contributed by atoms with van der Waals surface area (Å²) in [4.78, 5) is 17.9. The quantitative estimate of drug-likeness (QED) is 0.525. The Morgan fingerprint density at radius 3 is 2.47 bits per heavy atom. The SMILES string of the molecule is CCn1c(=NC(=O)c2ccc(S(=O)(=O)N3CCCCC3)cc2)sc2cccc(Br)c21. The monoisotopic (exact) mass is 507 g/mol. The summed E-state index contributed by atoms with van der Waals surface area (Å²) < 4.78 is 31.1. The number of aryl methyl sites for hydroxylation is 1. The van der Waals surface area contributed by atoms with E-state index in [2.05, 4.69) is 20.9 Å². The number of halogens is 1. The van der Waals surface area contributed by atoms with Gasteiger partial charge in [-0.25, -0.2) is 8.42 Å². The fourth-order valence-electron chi connectivity index (χ4n) is 3.64. The van der Waals surface area contributed by atoms with E-state index in [1.807, 2.05) is 29.7 Å². The van der Waals surface area contributed by atoms with Crippen LogP contribution in [0.15, 0.2) is 56.8 Å². The molecule has 9 heteroatoms. The Morgan fingerprint density at radius 1 is 1.10 bits per heavy atom. The number of carbonyl (C=O) groups excluding carboxylic acids is 1. The highest BCUT2D eigenvalue weighted by atomic mass is 79.9. The summed E-state index contributed by atoms with van der Waals surface area (Å²) in [6, 6.07) is 12.0. The van der Waals surface area contributed by atoms with Gasteiger partial charge in [-0.3, -0.25) is 4.79 Å². The molecule has 0 atom stereocenters. The number of carbonyl (C=O) groups is 1. The number of rotatable bonds is 4. The molecule has 0 unspecified atom stereocenters. The minimum atomic E-state index is -3.51. The highest BCUT2D eigenvalue weighted by Crippen LogP contribution is 2.26. The average molecular weight is 508 g/mol. The van der Waals surface area contributed by atoms with Crippen molar-refractivity contribution in [2.75, 3.05) is 13.1 Å². The molecule has 4 rings (SSSR count). The van der Waals surface area contributed by atoms with Gasteiger partial charge in [-0.05, 0) is 72.1 Å². The predicted molar refractivity (Wildman–Crippen MR) is 122 cm³/mol. The van der Waals surface area contributed by atoms with Crippen LogP contribution in [0.1, 0.15) is 36.5 Å². The van der Waals surface area contributed by atoms with Gasteiger partial charge in [0.15, 0.2) is 4.80 Å². The Kier molecular flexibility index (Phi) is 6.24. The van der Waals surface area contributed by atoms with E-state index in [9.17, 15) is 13.2 Å². The van der Waals surface area contributed by atoms with Crippen molar-refractivity contribution in [1.82, 2.24) is 8.87 Å². The zero-order valence-electron chi connectivity index (χ0n) is 16.5. The summed E-state index contributed by atoms with van der Waals surface area (Å²) in [5.74, 6) is -0.387. The molecule has 0 N–H and O–H groups in total. The van der Waals surface area contributed by atoms with Crippen LogP contribution in [0.3, 0.4) is 0 Å². The Hall–Kier alpha value is -1.81. The summed E-state index contributed by atoms with van der Waals surface area (Å²) in [5, 5.41) is 0. The molecule has 6 nitrogen and oxygen atoms in total. The first-order valence-corrected chi connectivity index (χ1v) is 12.9. The number of benzene rings is 2. The molecule has 1 aliphatic heterocycles. The molecule has 1 aromatic heterocycles. The number of thiazole rings is 1. The first-order valence-electron chi connectivity index (χ1n) is 9.89. The van der Waals surface area contributed by atoms with Gasteiger partial charge in [-0.1, -0.05) is 23.8 Å². The average Bonchev–Trinajstić information content (AvgIpc) is 3.12. The molecule has 0 spiro atoms. The molecule has 2 heterocycles. The van der Waals surface area contributed by atoms with Crippen molar-refractivity contribution >= 4 is 53.4 Å². The number of aromatic nitrogens is 1. The second-order valence-electron chi connectivity index (χ2n) is 7.12. The normalized spacial score (nSPS) is 16.3. The van der Waals surface area contributed by atoms with Crippen molar-refractivity contribution in [1.29, 1.82) is 0 Å². The molecular formula is C21H22BrN3O3S2. The minimum absolute atomic E-state index is 0.218. The van der Waals surface area contributed by atoms with Gasteiger partial charge in [0.2, 0.25) is 10.0 Å². The van der Waals surface area contributed by atoms with Gasteiger partial charge >= 0.3 is 0 Å². The fraction of sp³-hybridized carbons (Fsp3) is 0.333. The van der Waals surface area contributed by atoms with Crippen LogP contribution in [-0.2, 0) is 16.6 Å². The standard InChI is InChI=1S/C21H22BrN3O3S2/c1-2-25-19-17(22)7-6-8-18(19)29-21(25)23-20(26)15-9-11-16(12-10-15)30(27,28)24-13-4-3-5-14-24/h6-12H,2-5,13-14H2,1H3. The van der Waals surface area contributed by atoms with Crippen molar-refractivity contribution in [3.8, 4) is 0 Å². The van der Waals surface area contributed by atoms with Crippen LogP contribution in [-0.4, -0.2) is 36.3 Å². The third-order valence-electron chi connectivity index (χ3n) is 5.22. The molecule has 30 heavy (non-hydrogen) atoms. The maximum Gasteiger partial charge on any atom is 0.279 e. The Balaban J connectivity index is 1.65. The molecule has 1 amide bonds. The van der Waals surface area contributed by atoms with Crippen molar-refractivity contribution in [3.05, 3.63) is 57.3 Å². The number of sulfonamides is 1. The van der Waals surface area contributed by atoms with Crippen molar-refractivity contribution in [2.24, 2.45) is 4.99 Å². The number of fused-ring (bicyclic) bond motifs is 1. The van der Waals surface area contributed by atoms with Gasteiger partial charge < -0.3 is 4.57 Å². The maximum absolute atomic E-state index is 12.8. The van der Waals surface area contributed by atoms with E-state index in [0.717, 1.165) is 34.0 Å². The largest absolute Gasteiger partial charge is 0.316 e. The first kappa shape index (κ1) is 21.4. The Bertz CT molecular complexity index is 1250. The lowest BCUT2D eigenvalue weighted by Gasteiger charge is -2.25. The van der Waals surface area contributed by atoms with Crippen LogP contribution in [0.4, 0.5) is 0 Å². The van der Waals surface area contributed by atoms with Gasteiger partial charge in [0.05, 0.1) is 15.1 Å². The highest BCUT2D eigenvalue weighted by Gasteiger charge is 2.26.